The van der Waals surface area contributed by atoms with E-state index >= 15 is 0 Å². The third-order valence-corrected chi connectivity index (χ3v) is 9.08. The monoisotopic (exact) mass is 769 g/mol. The van der Waals surface area contributed by atoms with Crippen molar-refractivity contribution in [3.05, 3.63) is 120 Å². The minimum atomic E-state index is 0. The number of phenolic OH excluding ortho intramolecular Hbond substituents is 1. The maximum atomic E-state index is 10.5. The molecule has 1 fully saturated rings. The molecule has 226 valence electrons. The Bertz CT molecular complexity index is 2200. The summed E-state index contributed by atoms with van der Waals surface area (Å²) < 4.78 is 8.65. The summed E-state index contributed by atoms with van der Waals surface area (Å²) in [6, 6.07) is 36.3. The summed E-state index contributed by atoms with van der Waals surface area (Å²) in [6.07, 6.45) is 4.93. The first-order chi connectivity index (χ1) is 21.5. The fourth-order valence-electron chi connectivity index (χ4n) is 6.97. The molecule has 1 saturated carbocycles. The number of pyridine rings is 2. The normalized spacial score (nSPS) is 13.5. The van der Waals surface area contributed by atoms with Crippen molar-refractivity contribution in [2.24, 2.45) is 0 Å². The Labute approximate surface area is 276 Å². The van der Waals surface area contributed by atoms with Gasteiger partial charge in [-0.2, -0.15) is 0 Å². The van der Waals surface area contributed by atoms with Gasteiger partial charge in [0.05, 0.1) is 5.69 Å². The Morgan fingerprint density at radius 2 is 1.60 bits per heavy atom. The molecule has 0 radical (unpaired) electrons. The zero-order valence-corrected chi connectivity index (χ0v) is 27.4. The van der Waals surface area contributed by atoms with Crippen LogP contribution in [-0.4, -0.2) is 19.6 Å². The molecule has 6 heteroatoms. The number of rotatable bonds is 5. The summed E-state index contributed by atoms with van der Waals surface area (Å²) in [6.45, 7) is 4.14. The second-order valence-electron chi connectivity index (χ2n) is 11.9. The van der Waals surface area contributed by atoms with E-state index in [1.54, 1.807) is 6.07 Å². The molecule has 1 aliphatic rings. The number of para-hydroxylation sites is 1. The van der Waals surface area contributed by atoms with Crippen LogP contribution in [0.5, 0.6) is 17.4 Å². The molecule has 45 heavy (non-hydrogen) atoms. The van der Waals surface area contributed by atoms with Crippen LogP contribution in [0.25, 0.3) is 49.8 Å². The molecular formula is C39H32N3O2Pt-. The first-order valence-electron chi connectivity index (χ1n) is 15.3. The fourth-order valence-corrected chi connectivity index (χ4v) is 6.97. The van der Waals surface area contributed by atoms with E-state index in [4.69, 9.17) is 9.72 Å². The Balaban J connectivity index is 0.00000325. The number of aromatic nitrogens is 3. The summed E-state index contributed by atoms with van der Waals surface area (Å²) in [5.41, 5.74) is 8.18. The SMILES string of the molecule is Cc1ccc(O)c2nc(Oc3[c-]c4c(c(C)c3)c3cccc(C5CCCC5)c3n4-c3cccc(-c4ccccc4)n3)ccc12.[Pt]. The Morgan fingerprint density at radius 3 is 2.42 bits per heavy atom. The van der Waals surface area contributed by atoms with Gasteiger partial charge in [-0.05, 0) is 66.5 Å². The average molecular weight is 770 g/mol. The van der Waals surface area contributed by atoms with Gasteiger partial charge >= 0.3 is 0 Å². The summed E-state index contributed by atoms with van der Waals surface area (Å²) in [5.74, 6) is 2.49. The van der Waals surface area contributed by atoms with Crippen molar-refractivity contribution in [2.75, 3.05) is 0 Å². The van der Waals surface area contributed by atoms with E-state index in [0.29, 0.717) is 23.1 Å². The first kappa shape index (κ1) is 29.3. The van der Waals surface area contributed by atoms with Crippen LogP contribution in [0.1, 0.15) is 48.3 Å². The molecule has 8 rings (SSSR count). The summed E-state index contributed by atoms with van der Waals surface area (Å²) in [7, 11) is 0. The number of nitrogens with zero attached hydrogens (tertiary/aromatic N) is 3. The second-order valence-corrected chi connectivity index (χ2v) is 11.9. The third-order valence-electron chi connectivity index (χ3n) is 9.08. The van der Waals surface area contributed by atoms with E-state index in [-0.39, 0.29) is 26.8 Å². The van der Waals surface area contributed by atoms with Crippen LogP contribution in [0.2, 0.25) is 0 Å². The van der Waals surface area contributed by atoms with E-state index in [1.807, 2.05) is 49.4 Å². The average Bonchev–Trinajstić information content (AvgIpc) is 3.70. The van der Waals surface area contributed by atoms with Gasteiger partial charge in [0.15, 0.2) is 0 Å². The number of benzene rings is 4. The molecule has 0 bridgehead atoms. The Morgan fingerprint density at radius 1 is 0.800 bits per heavy atom. The van der Waals surface area contributed by atoms with Crippen molar-refractivity contribution in [1.29, 1.82) is 0 Å². The van der Waals surface area contributed by atoms with Crippen molar-refractivity contribution in [3.63, 3.8) is 0 Å². The Hall–Kier alpha value is -4.47. The number of aryl methyl sites for hydroxylation is 2. The summed E-state index contributed by atoms with van der Waals surface area (Å²) in [5, 5.41) is 13.8. The van der Waals surface area contributed by atoms with Gasteiger partial charge < -0.3 is 14.4 Å². The predicted molar refractivity (Wildman–Crippen MR) is 177 cm³/mol. The molecular weight excluding hydrogens is 738 g/mol. The molecule has 7 aromatic rings. The van der Waals surface area contributed by atoms with Crippen molar-refractivity contribution in [3.8, 4) is 34.5 Å². The number of aromatic hydroxyl groups is 1. The summed E-state index contributed by atoms with van der Waals surface area (Å²) in [4.78, 5) is 9.88. The smallest absolute Gasteiger partial charge is 0.217 e. The molecule has 0 amide bonds. The van der Waals surface area contributed by atoms with Gasteiger partial charge in [0.1, 0.15) is 17.1 Å². The minimum absolute atomic E-state index is 0. The van der Waals surface area contributed by atoms with Gasteiger partial charge in [0, 0.05) is 49.3 Å². The van der Waals surface area contributed by atoms with Gasteiger partial charge in [-0.1, -0.05) is 91.3 Å². The second kappa shape index (κ2) is 11.8. The number of fused-ring (bicyclic) bond motifs is 4. The van der Waals surface area contributed by atoms with Crippen LogP contribution in [-0.2, 0) is 21.1 Å². The van der Waals surface area contributed by atoms with Crippen molar-refractivity contribution in [2.45, 2.75) is 45.4 Å². The molecule has 4 aromatic carbocycles. The van der Waals surface area contributed by atoms with Gasteiger partial charge in [0.25, 0.3) is 0 Å². The predicted octanol–water partition coefficient (Wildman–Crippen LogP) is 9.96. The quantitative estimate of drug-likeness (QED) is 0.177. The largest absolute Gasteiger partial charge is 0.506 e. The van der Waals surface area contributed by atoms with Gasteiger partial charge in [0.2, 0.25) is 5.88 Å². The Kier molecular flexibility index (Phi) is 7.67. The fraction of sp³-hybridized carbons (Fsp3) is 0.179. The molecule has 0 saturated heterocycles. The van der Waals surface area contributed by atoms with Gasteiger partial charge in [-0.15, -0.1) is 17.7 Å². The van der Waals surface area contributed by atoms with Crippen LogP contribution >= 0.6 is 0 Å². The molecule has 5 nitrogen and oxygen atoms in total. The number of hydrogen-bond acceptors (Lipinski definition) is 4. The molecule has 0 aliphatic heterocycles. The van der Waals surface area contributed by atoms with E-state index < -0.39 is 0 Å². The van der Waals surface area contributed by atoms with E-state index in [1.165, 1.54) is 42.1 Å². The van der Waals surface area contributed by atoms with Gasteiger partial charge in [-0.25, -0.2) is 9.97 Å². The molecule has 0 atom stereocenters. The van der Waals surface area contributed by atoms with Crippen LogP contribution in [0.15, 0.2) is 97.1 Å². The number of ether oxygens (including phenoxy) is 1. The molecule has 0 unspecified atom stereocenters. The zero-order valence-electron chi connectivity index (χ0n) is 25.2. The molecule has 1 aliphatic carbocycles. The molecule has 3 aromatic heterocycles. The number of phenols is 1. The van der Waals surface area contributed by atoms with Crippen LogP contribution in [0, 0.1) is 19.9 Å². The van der Waals surface area contributed by atoms with Crippen LogP contribution in [0.4, 0.5) is 0 Å². The number of hydrogen-bond donors (Lipinski definition) is 1. The maximum absolute atomic E-state index is 10.5. The van der Waals surface area contributed by atoms with Crippen LogP contribution < -0.4 is 4.74 Å². The first-order valence-corrected chi connectivity index (χ1v) is 15.3. The topological polar surface area (TPSA) is 60.2 Å². The van der Waals surface area contributed by atoms with E-state index in [9.17, 15) is 5.11 Å². The minimum Gasteiger partial charge on any atom is -0.506 e. The molecule has 0 spiro atoms. The van der Waals surface area contributed by atoms with Crippen molar-refractivity contribution in [1.82, 2.24) is 14.5 Å². The molecule has 1 N–H and O–H groups in total. The standard InChI is InChI=1S/C39H32N3O2.Pt/c1-24-18-20-34(43)38-29(24)19-21-36(41-38)44-28-22-25(2)37-31-15-8-14-30(26-10-6-7-11-26)39(31)42(33(37)23-28)35-17-9-16-32(40-35)27-12-4-3-5-13-27;/h3-5,8-9,12-22,26,43H,6-7,10-11H2,1-2H3;/q-1;. The van der Waals surface area contributed by atoms with Crippen LogP contribution in [0.3, 0.4) is 0 Å². The zero-order chi connectivity index (χ0) is 29.8. The van der Waals surface area contributed by atoms with E-state index in [0.717, 1.165) is 44.5 Å². The summed E-state index contributed by atoms with van der Waals surface area (Å²) >= 11 is 0. The molecule has 3 heterocycles. The van der Waals surface area contributed by atoms with E-state index in [2.05, 4.69) is 71.1 Å². The van der Waals surface area contributed by atoms with Crippen molar-refractivity contribution >= 4 is 32.7 Å². The van der Waals surface area contributed by atoms with Crippen molar-refractivity contribution < 1.29 is 30.9 Å². The third kappa shape index (κ3) is 5.10. The van der Waals surface area contributed by atoms with Gasteiger partial charge in [-0.3, -0.25) is 0 Å². The maximum Gasteiger partial charge on any atom is 0.217 e.